The SMILES string of the molecule is Cc1cccc(Nc2nc(C)c(Cc3ccc(Cl)cc3)c(=O)[nH]2)c1. The third-order valence-corrected chi connectivity index (χ3v) is 4.05. The highest BCUT2D eigenvalue weighted by Gasteiger charge is 2.09. The van der Waals surface area contributed by atoms with Crippen LogP contribution in [0.15, 0.2) is 53.3 Å². The number of hydrogen-bond acceptors (Lipinski definition) is 3. The van der Waals surface area contributed by atoms with E-state index in [2.05, 4.69) is 15.3 Å². The van der Waals surface area contributed by atoms with Crippen LogP contribution in [-0.2, 0) is 6.42 Å². The summed E-state index contributed by atoms with van der Waals surface area (Å²) in [5.41, 5.74) is 4.29. The van der Waals surface area contributed by atoms with Gasteiger partial charge in [-0.3, -0.25) is 9.78 Å². The molecule has 0 bridgehead atoms. The van der Waals surface area contributed by atoms with Crippen molar-refractivity contribution in [2.75, 3.05) is 5.32 Å². The average Bonchev–Trinajstić information content (AvgIpc) is 2.53. The fourth-order valence-corrected chi connectivity index (χ4v) is 2.67. The van der Waals surface area contributed by atoms with Crippen LogP contribution in [0.3, 0.4) is 0 Å². The third-order valence-electron chi connectivity index (χ3n) is 3.80. The van der Waals surface area contributed by atoms with E-state index in [1.165, 1.54) is 0 Å². The lowest BCUT2D eigenvalue weighted by molar-refractivity contribution is 0.986. The van der Waals surface area contributed by atoms with Crippen LogP contribution in [0.2, 0.25) is 5.02 Å². The normalized spacial score (nSPS) is 10.6. The molecule has 0 unspecified atom stereocenters. The van der Waals surface area contributed by atoms with Crippen LogP contribution < -0.4 is 10.9 Å². The first-order valence-corrected chi connectivity index (χ1v) is 8.07. The molecule has 2 aromatic carbocycles. The van der Waals surface area contributed by atoms with Crippen LogP contribution in [-0.4, -0.2) is 9.97 Å². The van der Waals surface area contributed by atoms with Gasteiger partial charge in [0.2, 0.25) is 5.95 Å². The van der Waals surface area contributed by atoms with Gasteiger partial charge in [-0.1, -0.05) is 35.9 Å². The molecule has 2 N–H and O–H groups in total. The van der Waals surface area contributed by atoms with Crippen LogP contribution in [0.25, 0.3) is 0 Å². The van der Waals surface area contributed by atoms with Gasteiger partial charge in [0.15, 0.2) is 0 Å². The monoisotopic (exact) mass is 339 g/mol. The minimum atomic E-state index is -0.132. The van der Waals surface area contributed by atoms with Crippen LogP contribution >= 0.6 is 11.6 Å². The predicted octanol–water partition coefficient (Wildman–Crippen LogP) is 4.37. The summed E-state index contributed by atoms with van der Waals surface area (Å²) in [4.78, 5) is 19.7. The molecule has 0 fully saturated rings. The van der Waals surface area contributed by atoms with Crippen molar-refractivity contribution in [2.24, 2.45) is 0 Å². The maximum atomic E-state index is 12.4. The van der Waals surface area contributed by atoms with E-state index in [4.69, 9.17) is 11.6 Å². The number of aromatic nitrogens is 2. The molecule has 1 heterocycles. The molecular weight excluding hydrogens is 322 g/mol. The quantitative estimate of drug-likeness (QED) is 0.741. The van der Waals surface area contributed by atoms with Gasteiger partial charge in [-0.05, 0) is 49.2 Å². The molecule has 0 aliphatic heterocycles. The van der Waals surface area contributed by atoms with Crippen LogP contribution in [0, 0.1) is 13.8 Å². The van der Waals surface area contributed by atoms with E-state index in [0.717, 1.165) is 16.8 Å². The van der Waals surface area contributed by atoms with Crippen molar-refractivity contribution in [1.82, 2.24) is 9.97 Å². The highest BCUT2D eigenvalue weighted by Crippen LogP contribution is 2.16. The smallest absolute Gasteiger partial charge is 0.256 e. The molecule has 0 aliphatic carbocycles. The van der Waals surface area contributed by atoms with Crippen molar-refractivity contribution in [3.8, 4) is 0 Å². The molecule has 0 radical (unpaired) electrons. The van der Waals surface area contributed by atoms with Gasteiger partial charge in [0.05, 0.1) is 5.69 Å². The highest BCUT2D eigenvalue weighted by molar-refractivity contribution is 6.30. The maximum absolute atomic E-state index is 12.4. The number of anilines is 2. The van der Waals surface area contributed by atoms with Crippen LogP contribution in [0.4, 0.5) is 11.6 Å². The van der Waals surface area contributed by atoms with E-state index in [9.17, 15) is 4.79 Å². The first-order chi connectivity index (χ1) is 11.5. The molecule has 4 nitrogen and oxygen atoms in total. The molecule has 0 aliphatic rings. The number of halogens is 1. The summed E-state index contributed by atoms with van der Waals surface area (Å²) < 4.78 is 0. The third kappa shape index (κ3) is 3.84. The van der Waals surface area contributed by atoms with Crippen molar-refractivity contribution in [3.05, 3.63) is 86.3 Å². The van der Waals surface area contributed by atoms with E-state index >= 15 is 0 Å². The number of rotatable bonds is 4. The Morgan fingerprint density at radius 1 is 1.12 bits per heavy atom. The summed E-state index contributed by atoms with van der Waals surface area (Å²) in [6, 6.07) is 15.4. The Morgan fingerprint density at radius 2 is 1.88 bits per heavy atom. The molecule has 1 aromatic heterocycles. The van der Waals surface area contributed by atoms with Gasteiger partial charge in [0.1, 0.15) is 0 Å². The molecule has 3 aromatic rings. The number of nitrogens with one attached hydrogen (secondary N) is 2. The maximum Gasteiger partial charge on any atom is 0.256 e. The van der Waals surface area contributed by atoms with Crippen LogP contribution in [0.1, 0.15) is 22.4 Å². The van der Waals surface area contributed by atoms with E-state index in [-0.39, 0.29) is 5.56 Å². The molecule has 5 heteroatoms. The summed E-state index contributed by atoms with van der Waals surface area (Å²) in [6.07, 6.45) is 0.524. The Morgan fingerprint density at radius 3 is 2.54 bits per heavy atom. The standard InChI is InChI=1S/C19H18ClN3O/c1-12-4-3-5-16(10-12)22-19-21-13(2)17(18(24)23-19)11-14-6-8-15(20)9-7-14/h3-10H,11H2,1-2H3,(H2,21,22,23,24). The fraction of sp³-hybridized carbons (Fsp3) is 0.158. The molecule has 0 spiro atoms. The highest BCUT2D eigenvalue weighted by atomic mass is 35.5. The minimum absolute atomic E-state index is 0.132. The average molecular weight is 340 g/mol. The number of hydrogen-bond donors (Lipinski definition) is 2. The first-order valence-electron chi connectivity index (χ1n) is 7.69. The second-order valence-corrected chi connectivity index (χ2v) is 6.21. The Balaban J connectivity index is 1.85. The predicted molar refractivity (Wildman–Crippen MR) is 98.3 cm³/mol. The van der Waals surface area contributed by atoms with E-state index < -0.39 is 0 Å². The van der Waals surface area contributed by atoms with Gasteiger partial charge in [-0.25, -0.2) is 4.98 Å². The molecule has 3 rings (SSSR count). The summed E-state index contributed by atoms with van der Waals surface area (Å²) in [7, 11) is 0. The summed E-state index contributed by atoms with van der Waals surface area (Å²) in [5, 5.41) is 3.82. The van der Waals surface area contributed by atoms with Gasteiger partial charge in [0.25, 0.3) is 5.56 Å². The molecule has 122 valence electrons. The number of nitrogens with zero attached hydrogens (tertiary/aromatic N) is 1. The zero-order valence-corrected chi connectivity index (χ0v) is 14.3. The Kier molecular flexibility index (Phi) is 4.67. The number of H-pyrrole nitrogens is 1. The molecule has 0 atom stereocenters. The number of aromatic amines is 1. The molecule has 0 saturated heterocycles. The zero-order chi connectivity index (χ0) is 17.1. The molecule has 0 amide bonds. The summed E-state index contributed by atoms with van der Waals surface area (Å²) in [6.45, 7) is 3.86. The summed E-state index contributed by atoms with van der Waals surface area (Å²) >= 11 is 5.90. The lowest BCUT2D eigenvalue weighted by atomic mass is 10.1. The molecule has 0 saturated carbocycles. The summed E-state index contributed by atoms with van der Waals surface area (Å²) in [5.74, 6) is 0.447. The molecule has 24 heavy (non-hydrogen) atoms. The second kappa shape index (κ2) is 6.89. The number of benzene rings is 2. The van der Waals surface area contributed by atoms with E-state index in [0.29, 0.717) is 28.6 Å². The lowest BCUT2D eigenvalue weighted by Gasteiger charge is -2.10. The lowest BCUT2D eigenvalue weighted by Crippen LogP contribution is -2.18. The van der Waals surface area contributed by atoms with Crippen molar-refractivity contribution in [2.45, 2.75) is 20.3 Å². The largest absolute Gasteiger partial charge is 0.326 e. The topological polar surface area (TPSA) is 57.8 Å². The van der Waals surface area contributed by atoms with E-state index in [1.54, 1.807) is 0 Å². The molecular formula is C19H18ClN3O. The Bertz CT molecular complexity index is 917. The van der Waals surface area contributed by atoms with Gasteiger partial charge in [-0.2, -0.15) is 0 Å². The van der Waals surface area contributed by atoms with E-state index in [1.807, 2.05) is 62.4 Å². The van der Waals surface area contributed by atoms with Gasteiger partial charge in [0, 0.05) is 22.7 Å². The second-order valence-electron chi connectivity index (χ2n) is 5.78. The van der Waals surface area contributed by atoms with Gasteiger partial charge < -0.3 is 5.32 Å². The van der Waals surface area contributed by atoms with Gasteiger partial charge >= 0.3 is 0 Å². The van der Waals surface area contributed by atoms with Crippen molar-refractivity contribution < 1.29 is 0 Å². The van der Waals surface area contributed by atoms with Crippen LogP contribution in [0.5, 0.6) is 0 Å². The Hall–Kier alpha value is -2.59. The Labute approximate surface area is 145 Å². The van der Waals surface area contributed by atoms with Crippen molar-refractivity contribution in [3.63, 3.8) is 0 Å². The minimum Gasteiger partial charge on any atom is -0.326 e. The number of aryl methyl sites for hydroxylation is 2. The fourth-order valence-electron chi connectivity index (χ4n) is 2.54. The van der Waals surface area contributed by atoms with Crippen molar-refractivity contribution >= 4 is 23.2 Å². The zero-order valence-electron chi connectivity index (χ0n) is 13.6. The van der Waals surface area contributed by atoms with Gasteiger partial charge in [-0.15, -0.1) is 0 Å². The first kappa shape index (κ1) is 16.3. The van der Waals surface area contributed by atoms with Crippen molar-refractivity contribution in [1.29, 1.82) is 0 Å².